The molecular formula is C22H29N6O15P3S2. The highest BCUT2D eigenvalue weighted by Crippen LogP contribution is 2.66. The van der Waals surface area contributed by atoms with Gasteiger partial charge in [-0.05, 0) is 36.9 Å². The lowest BCUT2D eigenvalue weighted by Crippen LogP contribution is -2.31. The van der Waals surface area contributed by atoms with Crippen LogP contribution in [0.15, 0.2) is 29.3 Å². The molecule has 1 aliphatic heterocycles. The number of rotatable bonds is 14. The van der Waals surface area contributed by atoms with Gasteiger partial charge in [0.05, 0.1) is 18.5 Å². The van der Waals surface area contributed by atoms with Crippen LogP contribution in [0.25, 0.3) is 11.2 Å². The minimum Gasteiger partial charge on any atom is -0.456 e. The molecule has 0 spiro atoms. The Morgan fingerprint density at radius 3 is 2.56 bits per heavy atom. The lowest BCUT2D eigenvalue weighted by molar-refractivity contribution is -0.114. The summed E-state index contributed by atoms with van der Waals surface area (Å²) in [6.45, 7) is 2.20. The summed E-state index contributed by atoms with van der Waals surface area (Å²) >= 11 is 0. The number of hydrogen-bond donors (Lipinski definition) is 7. The molecule has 1 aliphatic rings. The maximum Gasteiger partial charge on any atom is 0.490 e. The highest BCUT2D eigenvalue weighted by atomic mass is 33.1. The Morgan fingerprint density at radius 2 is 1.92 bits per heavy atom. The molecule has 48 heavy (non-hydrogen) atoms. The standard InChI is InChI=1S/C22H29N6O15P3S2/c1-10(48-47-3)14-6-12(25-11(2)29)4-5-13(14)21(31)41-15-7-17(28-9-24-18-19(28)26-22(23)27-20(18)30)40-16(15)8-39-45(35,36)43-46(37,38)42-44(32,33)34/h4-6,9-10,15-17H,7-8H2,1-3H3,(H,25,29)(H,35,36)(H,37,38)(H2,32,33,34)(H3,23,26,27,30)/t10?,15?,16-,17-/m1/s1. The lowest BCUT2D eigenvalue weighted by atomic mass is 10.0. The van der Waals surface area contributed by atoms with Crippen LogP contribution in [-0.4, -0.2) is 76.0 Å². The van der Waals surface area contributed by atoms with Crippen LogP contribution in [0.2, 0.25) is 0 Å². The summed E-state index contributed by atoms with van der Waals surface area (Å²) in [5.74, 6) is -1.44. The minimum absolute atomic E-state index is 0.0152. The Hall–Kier alpha value is -2.62. The minimum atomic E-state index is -5.82. The van der Waals surface area contributed by atoms with E-state index in [0.717, 1.165) is 0 Å². The van der Waals surface area contributed by atoms with Gasteiger partial charge in [0.25, 0.3) is 5.56 Å². The van der Waals surface area contributed by atoms with Gasteiger partial charge in [0.15, 0.2) is 11.2 Å². The zero-order chi connectivity index (χ0) is 35.6. The van der Waals surface area contributed by atoms with Crippen molar-refractivity contribution in [3.63, 3.8) is 0 Å². The SMILES string of the molecule is CSSC(C)c1cc(NC(C)=O)ccc1C(=O)OC1C[C@H](n2cnc3c(=O)[nH]c(N)nc32)O[C@@H]1COP(=O)(O)OP(=O)(O)OP(=O)(O)O. The molecule has 0 bridgehead atoms. The van der Waals surface area contributed by atoms with E-state index >= 15 is 0 Å². The normalized spacial score (nSPS) is 21.4. The number of imidazole rings is 1. The molecule has 26 heteroatoms. The third-order valence-corrected chi connectivity index (χ3v) is 12.3. The number of hydrogen-bond acceptors (Lipinski definition) is 16. The maximum absolute atomic E-state index is 13.6. The van der Waals surface area contributed by atoms with Gasteiger partial charge in [-0.3, -0.25) is 23.7 Å². The highest BCUT2D eigenvalue weighted by Gasteiger charge is 2.44. The first-order valence-electron chi connectivity index (χ1n) is 13.3. The third-order valence-electron chi connectivity index (χ3n) is 6.29. The largest absolute Gasteiger partial charge is 0.490 e. The summed E-state index contributed by atoms with van der Waals surface area (Å²) in [5.41, 5.74) is 5.94. The van der Waals surface area contributed by atoms with Crippen LogP contribution in [0.4, 0.5) is 11.6 Å². The van der Waals surface area contributed by atoms with Crippen LogP contribution in [0, 0.1) is 0 Å². The highest BCUT2D eigenvalue weighted by molar-refractivity contribution is 8.76. The second-order valence-electron chi connectivity index (χ2n) is 9.86. The summed E-state index contributed by atoms with van der Waals surface area (Å²) in [6, 6.07) is 4.54. The van der Waals surface area contributed by atoms with E-state index in [1.54, 1.807) is 6.07 Å². The van der Waals surface area contributed by atoms with E-state index in [2.05, 4.69) is 28.9 Å². The number of phosphoric ester groups is 1. The van der Waals surface area contributed by atoms with Gasteiger partial charge < -0.3 is 40.1 Å². The number of benzene rings is 1. The van der Waals surface area contributed by atoms with Crippen molar-refractivity contribution in [3.05, 3.63) is 46.0 Å². The van der Waals surface area contributed by atoms with Crippen molar-refractivity contribution in [2.75, 3.05) is 23.9 Å². The topological polar surface area (TPSA) is 314 Å². The lowest BCUT2D eigenvalue weighted by Gasteiger charge is -2.22. The number of anilines is 2. The predicted octanol–water partition coefficient (Wildman–Crippen LogP) is 2.59. The molecule has 1 amide bonds. The number of nitrogens with two attached hydrogens (primary N) is 1. The van der Waals surface area contributed by atoms with E-state index in [1.165, 1.54) is 51.5 Å². The molecule has 1 aromatic carbocycles. The average Bonchev–Trinajstić information content (AvgIpc) is 3.53. The third kappa shape index (κ3) is 9.97. The zero-order valence-electron chi connectivity index (χ0n) is 24.9. The molecule has 1 fully saturated rings. The molecule has 8 N–H and O–H groups in total. The monoisotopic (exact) mass is 774 g/mol. The Kier molecular flexibility index (Phi) is 12.0. The second kappa shape index (κ2) is 15.1. The molecule has 4 rings (SSSR count). The fourth-order valence-corrected chi connectivity index (χ4v) is 9.33. The van der Waals surface area contributed by atoms with Gasteiger partial charge in [-0.15, -0.1) is 0 Å². The van der Waals surface area contributed by atoms with Crippen LogP contribution in [0.1, 0.15) is 47.7 Å². The molecule has 264 valence electrons. The molecule has 0 aliphatic carbocycles. The van der Waals surface area contributed by atoms with Crippen molar-refractivity contribution in [1.29, 1.82) is 0 Å². The molecule has 6 atom stereocenters. The first kappa shape index (κ1) is 38.2. The molecule has 1 saturated heterocycles. The van der Waals surface area contributed by atoms with Gasteiger partial charge in [0.1, 0.15) is 18.4 Å². The predicted molar refractivity (Wildman–Crippen MR) is 170 cm³/mol. The number of aromatic amines is 1. The van der Waals surface area contributed by atoms with E-state index in [1.807, 2.05) is 13.2 Å². The quantitative estimate of drug-likeness (QED) is 0.0703. The van der Waals surface area contributed by atoms with E-state index in [4.69, 9.17) is 29.5 Å². The molecule has 0 saturated carbocycles. The van der Waals surface area contributed by atoms with E-state index in [9.17, 15) is 37.9 Å². The number of phosphoric acid groups is 3. The first-order valence-corrected chi connectivity index (χ1v) is 20.4. The Labute approximate surface area is 278 Å². The summed E-state index contributed by atoms with van der Waals surface area (Å²) in [6.07, 6.45) is -0.904. The van der Waals surface area contributed by atoms with E-state index in [0.29, 0.717) is 11.3 Å². The van der Waals surface area contributed by atoms with Crippen LogP contribution < -0.4 is 16.6 Å². The number of fused-ring (bicyclic) bond motifs is 1. The summed E-state index contributed by atoms with van der Waals surface area (Å²) < 4.78 is 60.4. The van der Waals surface area contributed by atoms with Crippen molar-refractivity contribution in [3.8, 4) is 0 Å². The van der Waals surface area contributed by atoms with Crippen LogP contribution in [0.3, 0.4) is 0 Å². The number of aromatic nitrogens is 4. The summed E-state index contributed by atoms with van der Waals surface area (Å²) in [4.78, 5) is 84.9. The molecule has 3 aromatic rings. The van der Waals surface area contributed by atoms with Crippen molar-refractivity contribution >= 4 is 79.7 Å². The van der Waals surface area contributed by atoms with Crippen LogP contribution in [-0.2, 0) is 41.1 Å². The van der Waals surface area contributed by atoms with E-state index in [-0.39, 0.29) is 40.3 Å². The molecule has 0 radical (unpaired) electrons. The van der Waals surface area contributed by atoms with Crippen molar-refractivity contribution < 1.29 is 65.5 Å². The van der Waals surface area contributed by atoms with Crippen LogP contribution in [0.5, 0.6) is 0 Å². The summed E-state index contributed by atoms with van der Waals surface area (Å²) in [7, 11) is -14.2. The first-order chi connectivity index (χ1) is 22.3. The smallest absolute Gasteiger partial charge is 0.456 e. The second-order valence-corrected chi connectivity index (χ2v) is 17.1. The number of nitrogens with zero attached hydrogens (tertiary/aromatic N) is 3. The Morgan fingerprint density at radius 1 is 1.21 bits per heavy atom. The fraction of sp³-hybridized carbons (Fsp3) is 0.409. The van der Waals surface area contributed by atoms with Crippen molar-refractivity contribution in [2.24, 2.45) is 0 Å². The number of carbonyl (C=O) groups is 2. The number of carbonyl (C=O) groups excluding carboxylic acids is 2. The van der Waals surface area contributed by atoms with Crippen molar-refractivity contribution in [2.45, 2.75) is 44.0 Å². The molecule has 2 aromatic heterocycles. The Balaban J connectivity index is 1.63. The number of esters is 1. The molecule has 21 nitrogen and oxygen atoms in total. The number of H-pyrrole nitrogens is 1. The summed E-state index contributed by atoms with van der Waals surface area (Å²) in [5, 5.41) is 2.38. The molecule has 4 unspecified atom stereocenters. The Bertz CT molecular complexity index is 1900. The van der Waals surface area contributed by atoms with Crippen LogP contribution >= 0.6 is 45.1 Å². The molecule has 3 heterocycles. The van der Waals surface area contributed by atoms with Gasteiger partial charge >= 0.3 is 29.4 Å². The van der Waals surface area contributed by atoms with Gasteiger partial charge in [-0.2, -0.15) is 13.6 Å². The fourth-order valence-electron chi connectivity index (χ4n) is 4.53. The number of nitrogen functional groups attached to an aromatic ring is 1. The van der Waals surface area contributed by atoms with Gasteiger partial charge in [-0.25, -0.2) is 23.5 Å². The van der Waals surface area contributed by atoms with Gasteiger partial charge in [-0.1, -0.05) is 21.6 Å². The van der Waals surface area contributed by atoms with Gasteiger partial charge in [0.2, 0.25) is 11.9 Å². The van der Waals surface area contributed by atoms with Crippen molar-refractivity contribution in [1.82, 2.24) is 19.5 Å². The van der Waals surface area contributed by atoms with Gasteiger partial charge in [0, 0.05) is 24.3 Å². The zero-order valence-corrected chi connectivity index (χ0v) is 29.2. The van der Waals surface area contributed by atoms with E-state index < -0.39 is 60.0 Å². The maximum atomic E-state index is 13.6. The molecular weight excluding hydrogens is 745 g/mol. The number of nitrogens with one attached hydrogen (secondary N) is 2. The average molecular weight is 775 g/mol. The number of amides is 1. The number of ether oxygens (including phenoxy) is 2.